The van der Waals surface area contributed by atoms with E-state index in [4.69, 9.17) is 0 Å². The molecule has 6 aromatic carbocycles. The fourth-order valence-corrected chi connectivity index (χ4v) is 11.6. The lowest BCUT2D eigenvalue weighted by molar-refractivity contribution is -0.573. The number of benzene rings is 6. The quantitative estimate of drug-likeness (QED) is 0.0153. The number of aromatic carboxylic acids is 6. The summed E-state index contributed by atoms with van der Waals surface area (Å²) in [6.45, 7) is 0. The van der Waals surface area contributed by atoms with Gasteiger partial charge in [-0.05, 0) is 95.1 Å². The summed E-state index contributed by atoms with van der Waals surface area (Å²) in [5.74, 6) is -17.6. The van der Waals surface area contributed by atoms with Gasteiger partial charge in [-0.2, -0.15) is 0 Å². The largest absolute Gasteiger partial charge is 0.480 e. The maximum absolute atomic E-state index is 14.3. The summed E-state index contributed by atoms with van der Waals surface area (Å²) < 4.78 is 0. The molecular formula is C66H55N7O23. The van der Waals surface area contributed by atoms with Gasteiger partial charge in [-0.25, -0.2) is 43.2 Å². The second-order valence-corrected chi connectivity index (χ2v) is 22.4. The van der Waals surface area contributed by atoms with Gasteiger partial charge in [0.1, 0.15) is 12.1 Å². The highest BCUT2D eigenvalue weighted by molar-refractivity contribution is 6.03. The average Bonchev–Trinajstić information content (AvgIpc) is 1.63. The summed E-state index contributed by atoms with van der Waals surface area (Å²) in [5.41, 5.74) is -4.35. The van der Waals surface area contributed by atoms with Crippen molar-refractivity contribution in [3.8, 4) is 33.8 Å². The van der Waals surface area contributed by atoms with Gasteiger partial charge < -0.3 is 76.9 Å². The number of hydrogen-bond acceptors (Lipinski definition) is 14. The standard InChI is InChI=1S/C66H55N7O23/c74-49(67-47(63(89)90)28-42-39-7-1-4-10-44(39)69-53(42)30-19-33(57(77)78)25-34(20-30)58(79)80)13-16-66(73(95)96,18-15-51(76)72-56(65(93)94)52-41-9-3-6-12-46(41)71-55(52)32-23-37(61(85)86)27-38(24-32)62(87)88)17-14-50(75)68-48(64(91)92)29-43-40-8-2-5-11-45(40)70-54(43)31-21-35(59(81)82)26-36(22-31)60(83)84/h1-12,19-27,47-48,56,69-71H,13-18,28-29H2,(H,67,74)(H,68,75)(H,72,76)(H,77,78)(H,79,80)(H,81,82)(H,83,84)(H,85,86)(H,87,88)(H,89,90)(H,91,92)(H,93,94). The van der Waals surface area contributed by atoms with Crippen molar-refractivity contribution in [1.82, 2.24) is 30.9 Å². The number of nitrogens with zero attached hydrogens (tertiary/aromatic N) is 1. The van der Waals surface area contributed by atoms with Crippen molar-refractivity contribution in [3.05, 3.63) is 188 Å². The highest BCUT2D eigenvalue weighted by atomic mass is 16.6. The minimum absolute atomic E-state index is 0.00552. The minimum atomic E-state index is -2.57. The number of carbonyl (C=O) groups excluding carboxylic acids is 3. The van der Waals surface area contributed by atoms with Crippen LogP contribution in [0, 0.1) is 10.1 Å². The Hall–Kier alpha value is -13.0. The van der Waals surface area contributed by atoms with E-state index in [0.29, 0.717) is 21.8 Å². The lowest BCUT2D eigenvalue weighted by Crippen LogP contribution is -2.46. The van der Waals surface area contributed by atoms with Gasteiger partial charge in [-0.15, -0.1) is 0 Å². The number of H-pyrrole nitrogens is 3. The maximum Gasteiger partial charge on any atom is 0.335 e. The van der Waals surface area contributed by atoms with Gasteiger partial charge in [0.25, 0.3) is 0 Å². The molecule has 492 valence electrons. The molecule has 3 aromatic heterocycles. The molecule has 9 aromatic rings. The predicted octanol–water partition coefficient (Wildman–Crippen LogP) is 7.54. The van der Waals surface area contributed by atoms with Crippen LogP contribution in [0.3, 0.4) is 0 Å². The fourth-order valence-electron chi connectivity index (χ4n) is 11.6. The van der Waals surface area contributed by atoms with Crippen molar-refractivity contribution in [2.45, 2.75) is 75.0 Å². The number of carbonyl (C=O) groups is 12. The highest BCUT2D eigenvalue weighted by Crippen LogP contribution is 2.39. The molecule has 0 aliphatic heterocycles. The van der Waals surface area contributed by atoms with Gasteiger partial charge in [0, 0.05) is 112 Å². The van der Waals surface area contributed by atoms with Gasteiger partial charge in [-0.1, -0.05) is 54.6 Å². The molecule has 3 unspecified atom stereocenters. The summed E-state index contributed by atoms with van der Waals surface area (Å²) in [6.07, 6.45) is -6.64. The van der Waals surface area contributed by atoms with E-state index in [1.54, 1.807) is 54.6 Å². The molecule has 96 heavy (non-hydrogen) atoms. The number of amides is 3. The van der Waals surface area contributed by atoms with Crippen molar-refractivity contribution in [2.75, 3.05) is 0 Å². The number of fused-ring (bicyclic) bond motifs is 3. The first-order valence-corrected chi connectivity index (χ1v) is 28.9. The first-order chi connectivity index (χ1) is 45.5. The molecular weight excluding hydrogens is 1260 g/mol. The average molecular weight is 1310 g/mol. The Labute approximate surface area is 538 Å². The number of rotatable bonds is 30. The zero-order valence-corrected chi connectivity index (χ0v) is 49.7. The van der Waals surface area contributed by atoms with Crippen molar-refractivity contribution >= 4 is 104 Å². The number of hydrogen-bond donors (Lipinski definition) is 15. The van der Waals surface area contributed by atoms with Crippen LogP contribution >= 0.6 is 0 Å². The van der Waals surface area contributed by atoms with E-state index in [9.17, 15) is 114 Å². The van der Waals surface area contributed by atoms with E-state index < -0.39 is 185 Å². The molecule has 15 N–H and O–H groups in total. The van der Waals surface area contributed by atoms with Gasteiger partial charge in [0.05, 0.1) is 39.1 Å². The van der Waals surface area contributed by atoms with Crippen LogP contribution in [-0.2, 0) is 41.6 Å². The normalized spacial score (nSPS) is 12.8. The van der Waals surface area contributed by atoms with Crippen molar-refractivity contribution in [2.24, 2.45) is 0 Å². The maximum atomic E-state index is 14.3. The van der Waals surface area contributed by atoms with Crippen LogP contribution in [0.4, 0.5) is 0 Å². The van der Waals surface area contributed by atoms with Gasteiger partial charge in [-0.3, -0.25) is 24.5 Å². The number of carboxylic acids is 9. The highest BCUT2D eigenvalue weighted by Gasteiger charge is 2.44. The number of aliphatic carboxylic acids is 3. The monoisotopic (exact) mass is 1310 g/mol. The van der Waals surface area contributed by atoms with Crippen LogP contribution in [0.5, 0.6) is 0 Å². The molecule has 0 aliphatic carbocycles. The Morgan fingerprint density at radius 1 is 0.396 bits per heavy atom. The number of nitro groups is 1. The third-order valence-electron chi connectivity index (χ3n) is 16.3. The molecule has 0 saturated carbocycles. The number of aromatic nitrogens is 3. The molecule has 3 heterocycles. The molecule has 9 rings (SSSR count). The second kappa shape index (κ2) is 27.8. The van der Waals surface area contributed by atoms with Crippen LogP contribution in [0.2, 0.25) is 0 Å². The molecule has 0 bridgehead atoms. The first-order valence-electron chi connectivity index (χ1n) is 28.9. The van der Waals surface area contributed by atoms with E-state index in [0.717, 1.165) is 54.6 Å². The van der Waals surface area contributed by atoms with E-state index >= 15 is 0 Å². The number of aromatic amines is 3. The zero-order valence-electron chi connectivity index (χ0n) is 49.7. The van der Waals surface area contributed by atoms with Crippen LogP contribution in [0.25, 0.3) is 66.5 Å². The van der Waals surface area contributed by atoms with E-state index in [2.05, 4.69) is 30.9 Å². The molecule has 0 radical (unpaired) electrons. The van der Waals surface area contributed by atoms with Crippen LogP contribution < -0.4 is 16.0 Å². The molecule has 0 saturated heterocycles. The van der Waals surface area contributed by atoms with Gasteiger partial charge >= 0.3 is 53.7 Å². The molecule has 3 amide bonds. The Kier molecular flexibility index (Phi) is 19.5. The summed E-state index contributed by atoms with van der Waals surface area (Å²) >= 11 is 0. The van der Waals surface area contributed by atoms with E-state index in [1.807, 2.05) is 0 Å². The van der Waals surface area contributed by atoms with Crippen LogP contribution in [0.1, 0.15) is 123 Å². The number of para-hydroxylation sites is 3. The lowest BCUT2D eigenvalue weighted by Gasteiger charge is -2.26. The Balaban J connectivity index is 1.03. The van der Waals surface area contributed by atoms with E-state index in [1.165, 1.54) is 18.2 Å². The topological polar surface area (TPSA) is 514 Å². The second-order valence-electron chi connectivity index (χ2n) is 22.4. The third-order valence-corrected chi connectivity index (χ3v) is 16.3. The molecule has 0 aliphatic rings. The van der Waals surface area contributed by atoms with Crippen molar-refractivity contribution in [3.63, 3.8) is 0 Å². The summed E-state index contributed by atoms with van der Waals surface area (Å²) in [7, 11) is 0. The SMILES string of the molecule is O=C(CCC(CCC(=O)NC(Cc1c(-c2cc(C(=O)O)cc(C(=O)O)c2)[nH]c2ccccc12)C(=O)O)(CCC(=O)NC(C(=O)O)c1c(-c2cc(C(=O)O)cc(C(=O)O)c2)[nH]c2ccccc12)[N+](=O)[O-])NC(Cc1c(-c2cc(C(=O)O)cc(C(=O)O)c2)[nH]c2ccccc12)C(=O)O. The van der Waals surface area contributed by atoms with E-state index in [-0.39, 0.29) is 61.4 Å². The number of nitrogens with one attached hydrogen (secondary N) is 6. The van der Waals surface area contributed by atoms with Crippen molar-refractivity contribution < 1.29 is 108 Å². The van der Waals surface area contributed by atoms with Gasteiger partial charge in [0.2, 0.25) is 23.3 Å². The lowest BCUT2D eigenvalue weighted by atomic mass is 9.83. The first kappa shape index (κ1) is 67.4. The van der Waals surface area contributed by atoms with Gasteiger partial charge in [0.15, 0.2) is 6.04 Å². The smallest absolute Gasteiger partial charge is 0.335 e. The summed E-state index contributed by atoms with van der Waals surface area (Å²) in [4.78, 5) is 177. The molecule has 30 nitrogen and oxygen atoms in total. The van der Waals surface area contributed by atoms with Crippen LogP contribution in [-0.4, -0.2) is 155 Å². The molecule has 0 spiro atoms. The molecule has 3 atom stereocenters. The third kappa shape index (κ3) is 14.7. The molecule has 30 heteroatoms. The van der Waals surface area contributed by atoms with Crippen LogP contribution in [0.15, 0.2) is 127 Å². The fraction of sp³-hybridized carbons (Fsp3) is 0.182. The Morgan fingerprint density at radius 2 is 0.688 bits per heavy atom. The van der Waals surface area contributed by atoms with Crippen molar-refractivity contribution in [1.29, 1.82) is 0 Å². The zero-order chi connectivity index (χ0) is 69.6. The minimum Gasteiger partial charge on any atom is -0.480 e. The summed E-state index contributed by atoms with van der Waals surface area (Å²) in [5, 5.41) is 113. The number of carboxylic acid groups (broad SMARTS) is 9. The Morgan fingerprint density at radius 3 is 1.00 bits per heavy atom. The molecule has 0 fully saturated rings. The summed E-state index contributed by atoms with van der Waals surface area (Å²) in [6, 6.07) is 22.2. The Bertz CT molecular complexity index is 4460. The predicted molar refractivity (Wildman–Crippen MR) is 335 cm³/mol.